The zero-order valence-electron chi connectivity index (χ0n) is 16.3. The van der Waals surface area contributed by atoms with Crippen LogP contribution >= 0.6 is 15.9 Å². The van der Waals surface area contributed by atoms with E-state index in [1.807, 2.05) is 0 Å². The number of hydrogen-bond donors (Lipinski definition) is 1. The van der Waals surface area contributed by atoms with Crippen molar-refractivity contribution in [3.8, 4) is 22.6 Å². The number of carbonyl (C=O) groups is 2. The average Bonchev–Trinajstić information content (AvgIpc) is 3.13. The van der Waals surface area contributed by atoms with Crippen molar-refractivity contribution in [2.75, 3.05) is 20.8 Å². The lowest BCUT2D eigenvalue weighted by Crippen LogP contribution is -2.19. The Labute approximate surface area is 179 Å². The summed E-state index contributed by atoms with van der Waals surface area (Å²) in [6.45, 7) is 1.57. The molecule has 0 saturated carbocycles. The van der Waals surface area contributed by atoms with Gasteiger partial charge in [0.2, 0.25) is 0 Å². The summed E-state index contributed by atoms with van der Waals surface area (Å²) in [5.74, 6) is -2.17. The molecule has 1 aromatic heterocycles. The summed E-state index contributed by atoms with van der Waals surface area (Å²) in [7, 11) is 2.71. The summed E-state index contributed by atoms with van der Waals surface area (Å²) in [6, 6.07) is 8.26. The second-order valence-corrected chi connectivity index (χ2v) is 6.98. The first-order valence-corrected chi connectivity index (χ1v) is 9.55. The summed E-state index contributed by atoms with van der Waals surface area (Å²) in [6.07, 6.45) is 0. The standard InChI is InChI=1S/C20H17BrN2O7/c1-4-30-20(25)18(24)16-13(29-3)9-12(28-2)15-14(10-5-7-11(21)8-6-10)19(23(26)27)22-17(15)16/h5-9,22H,4H2,1-3H3. The number of fused-ring (bicyclic) bond motifs is 1. The van der Waals surface area contributed by atoms with Crippen LogP contribution in [0.3, 0.4) is 0 Å². The van der Waals surface area contributed by atoms with Crippen LogP contribution in [0.15, 0.2) is 34.8 Å². The molecular formula is C20H17BrN2O7. The van der Waals surface area contributed by atoms with Gasteiger partial charge < -0.3 is 24.3 Å². The molecule has 1 heterocycles. The topological polar surface area (TPSA) is 121 Å². The first-order chi connectivity index (χ1) is 14.3. The van der Waals surface area contributed by atoms with Crippen LogP contribution < -0.4 is 9.47 Å². The van der Waals surface area contributed by atoms with Crippen LogP contribution in [0.25, 0.3) is 22.0 Å². The minimum absolute atomic E-state index is 0.00119. The van der Waals surface area contributed by atoms with Gasteiger partial charge in [0, 0.05) is 10.5 Å². The minimum atomic E-state index is -1.09. The molecule has 3 aromatic rings. The molecule has 0 aliphatic carbocycles. The second-order valence-electron chi connectivity index (χ2n) is 6.07. The fraction of sp³-hybridized carbons (Fsp3) is 0.200. The summed E-state index contributed by atoms with van der Waals surface area (Å²) >= 11 is 3.34. The highest BCUT2D eigenvalue weighted by Crippen LogP contribution is 2.46. The molecule has 10 heteroatoms. The van der Waals surface area contributed by atoms with E-state index in [4.69, 9.17) is 14.2 Å². The number of esters is 1. The number of methoxy groups -OCH3 is 2. The van der Waals surface area contributed by atoms with Crippen LogP contribution in [-0.4, -0.2) is 42.5 Å². The van der Waals surface area contributed by atoms with Gasteiger partial charge in [0.1, 0.15) is 17.1 Å². The number of carbonyl (C=O) groups excluding carboxylic acids is 2. The van der Waals surface area contributed by atoms with Crippen molar-refractivity contribution in [2.24, 2.45) is 0 Å². The highest BCUT2D eigenvalue weighted by Gasteiger charge is 2.34. The fourth-order valence-corrected chi connectivity index (χ4v) is 3.45. The van der Waals surface area contributed by atoms with Crippen molar-refractivity contribution >= 4 is 44.4 Å². The minimum Gasteiger partial charge on any atom is -0.496 e. The van der Waals surface area contributed by atoms with Gasteiger partial charge >= 0.3 is 11.8 Å². The van der Waals surface area contributed by atoms with E-state index in [0.717, 1.165) is 4.47 Å². The molecule has 30 heavy (non-hydrogen) atoms. The maximum Gasteiger partial charge on any atom is 0.379 e. The molecule has 0 aliphatic rings. The van der Waals surface area contributed by atoms with Gasteiger partial charge in [0.25, 0.3) is 5.78 Å². The van der Waals surface area contributed by atoms with Crippen LogP contribution in [0, 0.1) is 10.1 Å². The van der Waals surface area contributed by atoms with E-state index in [2.05, 4.69) is 20.9 Å². The molecule has 0 unspecified atom stereocenters. The molecule has 3 rings (SSSR count). The van der Waals surface area contributed by atoms with Crippen molar-refractivity contribution in [3.63, 3.8) is 0 Å². The van der Waals surface area contributed by atoms with Gasteiger partial charge in [-0.05, 0) is 29.5 Å². The third-order valence-electron chi connectivity index (χ3n) is 4.43. The first kappa shape index (κ1) is 21.3. The number of aromatic nitrogens is 1. The Hall–Kier alpha value is -3.40. The Morgan fingerprint density at radius 3 is 2.30 bits per heavy atom. The number of nitrogens with one attached hydrogen (secondary N) is 1. The lowest BCUT2D eigenvalue weighted by molar-refractivity contribution is -0.388. The average molecular weight is 477 g/mol. The number of ketones is 1. The number of ether oxygens (including phenoxy) is 3. The van der Waals surface area contributed by atoms with E-state index in [-0.39, 0.29) is 46.0 Å². The first-order valence-electron chi connectivity index (χ1n) is 8.76. The lowest BCUT2D eigenvalue weighted by Gasteiger charge is -2.11. The molecule has 2 aromatic carbocycles. The molecule has 9 nitrogen and oxygen atoms in total. The molecule has 0 atom stereocenters. The Kier molecular flexibility index (Phi) is 6.06. The number of benzene rings is 2. The predicted molar refractivity (Wildman–Crippen MR) is 112 cm³/mol. The number of rotatable bonds is 7. The van der Waals surface area contributed by atoms with Gasteiger partial charge in [-0.1, -0.05) is 28.1 Å². The number of hydrogen-bond acceptors (Lipinski definition) is 7. The maximum absolute atomic E-state index is 12.8. The molecule has 0 amide bonds. The smallest absolute Gasteiger partial charge is 0.379 e. The molecule has 1 N–H and O–H groups in total. The molecule has 0 spiro atoms. The van der Waals surface area contributed by atoms with Crippen molar-refractivity contribution in [3.05, 3.63) is 50.5 Å². The van der Waals surface area contributed by atoms with E-state index in [1.54, 1.807) is 31.2 Å². The Morgan fingerprint density at radius 2 is 1.77 bits per heavy atom. The van der Waals surface area contributed by atoms with Gasteiger partial charge in [-0.25, -0.2) is 9.78 Å². The van der Waals surface area contributed by atoms with E-state index in [1.165, 1.54) is 20.3 Å². The Balaban J connectivity index is 2.45. The van der Waals surface area contributed by atoms with Crippen molar-refractivity contribution in [2.45, 2.75) is 6.92 Å². The largest absolute Gasteiger partial charge is 0.496 e. The zero-order valence-corrected chi connectivity index (χ0v) is 17.9. The Morgan fingerprint density at radius 1 is 1.13 bits per heavy atom. The van der Waals surface area contributed by atoms with Gasteiger partial charge in [0.05, 0.1) is 31.8 Å². The normalized spacial score (nSPS) is 10.7. The highest BCUT2D eigenvalue weighted by atomic mass is 79.9. The van der Waals surface area contributed by atoms with Crippen LogP contribution in [0.5, 0.6) is 11.5 Å². The molecule has 0 saturated heterocycles. The highest BCUT2D eigenvalue weighted by molar-refractivity contribution is 9.10. The van der Waals surface area contributed by atoms with Gasteiger partial charge in [-0.3, -0.25) is 4.79 Å². The number of Topliss-reactive ketones (excluding diaryl/α,β-unsaturated/α-hetero) is 1. The number of nitro groups is 1. The van der Waals surface area contributed by atoms with E-state index < -0.39 is 16.7 Å². The van der Waals surface area contributed by atoms with Crippen LogP contribution in [0.1, 0.15) is 17.3 Å². The predicted octanol–water partition coefficient (Wildman–Crippen LogP) is 4.27. The number of aromatic amines is 1. The monoisotopic (exact) mass is 476 g/mol. The number of H-pyrrole nitrogens is 1. The third kappa shape index (κ3) is 3.61. The van der Waals surface area contributed by atoms with Crippen LogP contribution in [0.2, 0.25) is 0 Å². The molecule has 0 aliphatic heterocycles. The van der Waals surface area contributed by atoms with Gasteiger partial charge in [-0.15, -0.1) is 0 Å². The van der Waals surface area contributed by atoms with Crippen molar-refractivity contribution in [1.82, 2.24) is 4.98 Å². The second kappa shape index (κ2) is 8.54. The SMILES string of the molecule is CCOC(=O)C(=O)c1c(OC)cc(OC)c2c(-c3ccc(Br)cc3)c([N+](=O)[O-])[nH]c12. The van der Waals surface area contributed by atoms with E-state index in [9.17, 15) is 19.7 Å². The quantitative estimate of drug-likeness (QED) is 0.177. The Bertz CT molecular complexity index is 1150. The maximum atomic E-state index is 12.8. The summed E-state index contributed by atoms with van der Waals surface area (Å²) in [4.78, 5) is 38.8. The number of nitrogens with zero attached hydrogens (tertiary/aromatic N) is 1. The van der Waals surface area contributed by atoms with Crippen LogP contribution in [-0.2, 0) is 9.53 Å². The van der Waals surface area contributed by atoms with E-state index >= 15 is 0 Å². The van der Waals surface area contributed by atoms with E-state index in [0.29, 0.717) is 5.56 Å². The van der Waals surface area contributed by atoms with Crippen molar-refractivity contribution in [1.29, 1.82) is 0 Å². The molecule has 0 bridgehead atoms. The summed E-state index contributed by atoms with van der Waals surface area (Å²) in [5.41, 5.74) is 0.626. The molecule has 0 radical (unpaired) electrons. The van der Waals surface area contributed by atoms with Crippen LogP contribution in [0.4, 0.5) is 5.82 Å². The lowest BCUT2D eigenvalue weighted by atomic mass is 9.99. The molecular weight excluding hydrogens is 460 g/mol. The third-order valence-corrected chi connectivity index (χ3v) is 4.96. The van der Waals surface area contributed by atoms with Gasteiger partial charge in [-0.2, -0.15) is 0 Å². The zero-order chi connectivity index (χ0) is 22.0. The molecule has 156 valence electrons. The summed E-state index contributed by atoms with van der Waals surface area (Å²) in [5, 5.41) is 12.1. The van der Waals surface area contributed by atoms with Crippen molar-refractivity contribution < 1.29 is 28.7 Å². The number of halogens is 1. The molecule has 0 fully saturated rings. The van der Waals surface area contributed by atoms with Gasteiger partial charge in [0.15, 0.2) is 5.52 Å². The fourth-order valence-electron chi connectivity index (χ4n) is 3.19. The summed E-state index contributed by atoms with van der Waals surface area (Å²) < 4.78 is 16.3.